The van der Waals surface area contributed by atoms with Crippen molar-refractivity contribution < 1.29 is 14.2 Å². The molecule has 0 saturated carbocycles. The van der Waals surface area contributed by atoms with Gasteiger partial charge >= 0.3 is 0 Å². The van der Waals surface area contributed by atoms with Gasteiger partial charge in [0.2, 0.25) is 0 Å². The third-order valence-electron chi connectivity index (χ3n) is 2.45. The fraction of sp³-hybridized carbons (Fsp3) is 0.571. The smallest absolute Gasteiger partial charge is 0.165 e. The molecule has 2 nitrogen and oxygen atoms in total. The minimum Gasteiger partial charge on any atom is -0.494 e. The highest BCUT2D eigenvalue weighted by molar-refractivity contribution is 7.99. The Bertz CT molecular complexity index is 369. The summed E-state index contributed by atoms with van der Waals surface area (Å²) in [5, 5.41) is 9.86. The van der Waals surface area contributed by atoms with Crippen LogP contribution in [0.25, 0.3) is 0 Å². The highest BCUT2D eigenvalue weighted by Gasteiger charge is 2.09. The summed E-state index contributed by atoms with van der Waals surface area (Å²) in [6.07, 6.45) is 0.0491. The van der Waals surface area contributed by atoms with Crippen LogP contribution in [0.2, 0.25) is 0 Å². The topological polar surface area (TPSA) is 29.5 Å². The molecule has 0 heterocycles. The monoisotopic (exact) mass is 272 g/mol. The van der Waals surface area contributed by atoms with Gasteiger partial charge in [-0.05, 0) is 35.8 Å². The highest BCUT2D eigenvalue weighted by atomic mass is 32.2. The molecule has 0 aromatic heterocycles. The average Bonchev–Trinajstić information content (AvgIpc) is 2.28. The van der Waals surface area contributed by atoms with E-state index in [4.69, 9.17) is 4.74 Å². The molecule has 1 N–H and O–H groups in total. The molecule has 1 atom stereocenters. The van der Waals surface area contributed by atoms with E-state index in [0.29, 0.717) is 18.1 Å². The summed E-state index contributed by atoms with van der Waals surface area (Å²) in [6, 6.07) is 4.81. The van der Waals surface area contributed by atoms with Gasteiger partial charge in [0.15, 0.2) is 11.6 Å². The number of aliphatic hydroxyl groups excluding tert-OH is 1. The summed E-state index contributed by atoms with van der Waals surface area (Å²) < 4.78 is 18.3. The van der Waals surface area contributed by atoms with Crippen molar-refractivity contribution in [3.05, 3.63) is 29.6 Å². The Hall–Kier alpha value is -0.740. The van der Waals surface area contributed by atoms with Crippen LogP contribution in [0.4, 0.5) is 4.39 Å². The molecular formula is C14H21FO2S. The van der Waals surface area contributed by atoms with Crippen molar-refractivity contribution in [2.24, 2.45) is 5.92 Å². The molecule has 0 amide bonds. The van der Waals surface area contributed by atoms with Gasteiger partial charge in [-0.1, -0.05) is 19.9 Å². The average molecular weight is 272 g/mol. The molecule has 0 aliphatic rings. The number of methoxy groups -OCH3 is 1. The zero-order valence-corrected chi connectivity index (χ0v) is 12.0. The standard InChI is InChI=1S/C14H21FO2S/c1-10(2)8-18-9-12(16)6-11-4-5-14(17-3)13(15)7-11/h4-5,7,10,12,16H,6,8-9H2,1-3H3. The van der Waals surface area contributed by atoms with Gasteiger partial charge in [0, 0.05) is 5.75 Å². The van der Waals surface area contributed by atoms with E-state index in [9.17, 15) is 9.50 Å². The summed E-state index contributed by atoms with van der Waals surface area (Å²) in [6.45, 7) is 4.30. The predicted molar refractivity (Wildman–Crippen MR) is 74.8 cm³/mol. The van der Waals surface area contributed by atoms with Gasteiger partial charge in [0.1, 0.15) is 0 Å². The normalized spacial score (nSPS) is 12.8. The molecule has 0 saturated heterocycles. The molecule has 102 valence electrons. The fourth-order valence-corrected chi connectivity index (χ4v) is 2.61. The number of hydrogen-bond acceptors (Lipinski definition) is 3. The Morgan fingerprint density at radius 3 is 2.61 bits per heavy atom. The molecule has 0 spiro atoms. The third kappa shape index (κ3) is 5.27. The zero-order valence-electron chi connectivity index (χ0n) is 11.1. The Kier molecular flexibility index (Phi) is 6.50. The minimum absolute atomic E-state index is 0.238. The predicted octanol–water partition coefficient (Wildman–Crippen LogP) is 3.13. The molecule has 0 fully saturated rings. The van der Waals surface area contributed by atoms with E-state index < -0.39 is 6.10 Å². The number of ether oxygens (including phenoxy) is 1. The van der Waals surface area contributed by atoms with E-state index in [1.165, 1.54) is 13.2 Å². The lowest BCUT2D eigenvalue weighted by Gasteiger charge is -2.12. The molecule has 1 aromatic carbocycles. The largest absolute Gasteiger partial charge is 0.494 e. The van der Waals surface area contributed by atoms with Crippen LogP contribution in [-0.2, 0) is 6.42 Å². The van der Waals surface area contributed by atoms with Crippen molar-refractivity contribution >= 4 is 11.8 Å². The van der Waals surface area contributed by atoms with E-state index in [1.807, 2.05) is 0 Å². The quantitative estimate of drug-likeness (QED) is 0.827. The van der Waals surface area contributed by atoms with Gasteiger partial charge < -0.3 is 9.84 Å². The van der Waals surface area contributed by atoms with Crippen molar-refractivity contribution in [3.63, 3.8) is 0 Å². The molecule has 0 bridgehead atoms. The fourth-order valence-electron chi connectivity index (χ4n) is 1.61. The first-order chi connectivity index (χ1) is 8.52. The summed E-state index contributed by atoms with van der Waals surface area (Å²) in [5.74, 6) is 2.21. The van der Waals surface area contributed by atoms with Gasteiger partial charge in [-0.3, -0.25) is 0 Å². The molecule has 0 aliphatic carbocycles. The second-order valence-corrected chi connectivity index (χ2v) is 5.83. The van der Waals surface area contributed by atoms with Crippen LogP contribution in [0.3, 0.4) is 0 Å². The first-order valence-corrected chi connectivity index (χ1v) is 7.26. The number of rotatable bonds is 7. The molecule has 18 heavy (non-hydrogen) atoms. The first kappa shape index (κ1) is 15.3. The van der Waals surface area contributed by atoms with Crippen LogP contribution in [0.15, 0.2) is 18.2 Å². The van der Waals surface area contributed by atoms with E-state index in [0.717, 1.165) is 11.3 Å². The SMILES string of the molecule is COc1ccc(CC(O)CSCC(C)C)cc1F. The molecule has 1 rings (SSSR count). The highest BCUT2D eigenvalue weighted by Crippen LogP contribution is 2.19. The maximum absolute atomic E-state index is 13.4. The van der Waals surface area contributed by atoms with Crippen LogP contribution in [-0.4, -0.2) is 29.8 Å². The van der Waals surface area contributed by atoms with E-state index in [1.54, 1.807) is 23.9 Å². The minimum atomic E-state index is -0.429. The van der Waals surface area contributed by atoms with Crippen molar-refractivity contribution in [2.45, 2.75) is 26.4 Å². The second-order valence-electron chi connectivity index (χ2n) is 4.76. The van der Waals surface area contributed by atoms with Gasteiger partial charge in [-0.15, -0.1) is 0 Å². The second kappa shape index (κ2) is 7.64. The summed E-state index contributed by atoms with van der Waals surface area (Å²) in [5.41, 5.74) is 0.797. The molecular weight excluding hydrogens is 251 g/mol. The van der Waals surface area contributed by atoms with Crippen LogP contribution in [0.5, 0.6) is 5.75 Å². The summed E-state index contributed by atoms with van der Waals surface area (Å²) in [4.78, 5) is 0. The lowest BCUT2D eigenvalue weighted by Crippen LogP contribution is -2.14. The maximum atomic E-state index is 13.4. The molecule has 1 aromatic rings. The lowest BCUT2D eigenvalue weighted by molar-refractivity contribution is 0.200. The lowest BCUT2D eigenvalue weighted by atomic mass is 10.1. The molecule has 0 radical (unpaired) electrons. The van der Waals surface area contributed by atoms with Gasteiger partial charge in [0.25, 0.3) is 0 Å². The van der Waals surface area contributed by atoms with E-state index >= 15 is 0 Å². The van der Waals surface area contributed by atoms with Crippen molar-refractivity contribution in [1.29, 1.82) is 0 Å². The van der Waals surface area contributed by atoms with E-state index in [2.05, 4.69) is 13.8 Å². The van der Waals surface area contributed by atoms with Crippen molar-refractivity contribution in [3.8, 4) is 5.75 Å². The first-order valence-electron chi connectivity index (χ1n) is 6.11. The van der Waals surface area contributed by atoms with Crippen molar-refractivity contribution in [2.75, 3.05) is 18.6 Å². The number of benzene rings is 1. The maximum Gasteiger partial charge on any atom is 0.165 e. The molecule has 1 unspecified atom stereocenters. The molecule has 4 heteroatoms. The Balaban J connectivity index is 2.44. The Morgan fingerprint density at radius 1 is 1.33 bits per heavy atom. The zero-order chi connectivity index (χ0) is 13.5. The number of halogens is 1. The summed E-state index contributed by atoms with van der Waals surface area (Å²) in [7, 11) is 1.44. The Morgan fingerprint density at radius 2 is 2.06 bits per heavy atom. The van der Waals surface area contributed by atoms with Crippen LogP contribution in [0.1, 0.15) is 19.4 Å². The summed E-state index contributed by atoms with van der Waals surface area (Å²) >= 11 is 1.73. The van der Waals surface area contributed by atoms with Crippen LogP contribution < -0.4 is 4.74 Å². The molecule has 0 aliphatic heterocycles. The van der Waals surface area contributed by atoms with Gasteiger partial charge in [0.05, 0.1) is 13.2 Å². The van der Waals surface area contributed by atoms with Gasteiger partial charge in [-0.25, -0.2) is 4.39 Å². The van der Waals surface area contributed by atoms with E-state index in [-0.39, 0.29) is 11.6 Å². The van der Waals surface area contributed by atoms with Crippen LogP contribution in [0, 0.1) is 11.7 Å². The Labute approximate surface area is 113 Å². The number of thioether (sulfide) groups is 1. The van der Waals surface area contributed by atoms with Gasteiger partial charge in [-0.2, -0.15) is 11.8 Å². The number of hydrogen-bond donors (Lipinski definition) is 1. The third-order valence-corrected chi connectivity index (χ3v) is 3.97. The number of aliphatic hydroxyl groups is 1. The van der Waals surface area contributed by atoms with Crippen molar-refractivity contribution in [1.82, 2.24) is 0 Å². The van der Waals surface area contributed by atoms with Crippen LogP contribution >= 0.6 is 11.8 Å².